The summed E-state index contributed by atoms with van der Waals surface area (Å²) in [6.45, 7) is 3.20. The zero-order valence-corrected chi connectivity index (χ0v) is 11.2. The predicted molar refractivity (Wildman–Crippen MR) is 63.2 cm³/mol. The molecule has 0 heterocycles. The first kappa shape index (κ1) is 15.7. The molecule has 0 unspecified atom stereocenters. The number of halogens is 3. The molecule has 0 spiro atoms. The van der Waals surface area contributed by atoms with Gasteiger partial charge in [0.1, 0.15) is 5.78 Å². The summed E-state index contributed by atoms with van der Waals surface area (Å²) in [4.78, 5) is 10.7. The normalized spacial score (nSPS) is 12.7. The second kappa shape index (κ2) is 5.32. The third-order valence-corrected chi connectivity index (χ3v) is 4.16. The summed E-state index contributed by atoms with van der Waals surface area (Å²) < 4.78 is 60.3. The highest BCUT2D eigenvalue weighted by Gasteiger charge is 2.47. The van der Waals surface area contributed by atoms with Crippen LogP contribution >= 0.6 is 0 Å². The molecule has 0 aliphatic heterocycles. The van der Waals surface area contributed by atoms with E-state index >= 15 is 0 Å². The highest BCUT2D eigenvalue weighted by atomic mass is 32.2. The number of alkyl halides is 3. The number of rotatable bonds is 4. The van der Waals surface area contributed by atoms with Crippen molar-refractivity contribution >= 4 is 15.6 Å². The van der Waals surface area contributed by atoms with Crippen molar-refractivity contribution in [1.29, 1.82) is 0 Å². The highest BCUT2D eigenvalue weighted by Crippen LogP contribution is 2.32. The van der Waals surface area contributed by atoms with Gasteiger partial charge in [0.25, 0.3) is 9.84 Å². The lowest BCUT2D eigenvalue weighted by Crippen LogP contribution is -2.25. The molecule has 19 heavy (non-hydrogen) atoms. The fraction of sp³-hybridized carbons (Fsp3) is 0.417. The van der Waals surface area contributed by atoms with Crippen LogP contribution in [0.3, 0.4) is 0 Å². The van der Waals surface area contributed by atoms with Crippen LogP contribution in [0, 0.1) is 5.92 Å². The number of Topliss-reactive ketones (excluding diaryl/α,β-unsaturated/α-hetero) is 1. The fourth-order valence-corrected chi connectivity index (χ4v) is 2.42. The minimum atomic E-state index is -5.43. The maximum atomic E-state index is 12.5. The molecule has 7 heteroatoms. The van der Waals surface area contributed by atoms with Crippen LogP contribution in [0.15, 0.2) is 29.2 Å². The van der Waals surface area contributed by atoms with Crippen molar-refractivity contribution < 1.29 is 26.4 Å². The first-order valence-electron chi connectivity index (χ1n) is 5.49. The van der Waals surface area contributed by atoms with Gasteiger partial charge in [-0.3, -0.25) is 4.79 Å². The van der Waals surface area contributed by atoms with Gasteiger partial charge in [-0.1, -0.05) is 32.0 Å². The van der Waals surface area contributed by atoms with Crippen molar-refractivity contribution in [3.8, 4) is 0 Å². The third-order valence-electron chi connectivity index (χ3n) is 2.58. The topological polar surface area (TPSA) is 51.2 Å². The summed E-state index contributed by atoms with van der Waals surface area (Å²) in [6.07, 6.45) is -0.330. The van der Waals surface area contributed by atoms with Gasteiger partial charge in [0.05, 0.1) is 4.90 Å². The highest BCUT2D eigenvalue weighted by molar-refractivity contribution is 7.92. The first-order chi connectivity index (χ1) is 8.57. The standard InChI is InChI=1S/C12H13F3O3S/c1-8(2)10(16)7-9-5-3-4-6-11(9)19(17,18)12(13,14)15/h3-6,8H,7H2,1-2H3. The summed E-state index contributed by atoms with van der Waals surface area (Å²) >= 11 is 0. The van der Waals surface area contributed by atoms with E-state index < -0.39 is 20.2 Å². The van der Waals surface area contributed by atoms with Crippen molar-refractivity contribution in [2.45, 2.75) is 30.7 Å². The van der Waals surface area contributed by atoms with E-state index in [2.05, 4.69) is 0 Å². The molecule has 0 saturated heterocycles. The Balaban J connectivity index is 3.29. The molecule has 0 saturated carbocycles. The van der Waals surface area contributed by atoms with Crippen LogP contribution in [0.1, 0.15) is 19.4 Å². The zero-order valence-electron chi connectivity index (χ0n) is 10.4. The molecule has 0 aliphatic carbocycles. The predicted octanol–water partition coefficient (Wildman–Crippen LogP) is 2.75. The zero-order chi connectivity index (χ0) is 14.8. The lowest BCUT2D eigenvalue weighted by atomic mass is 10.0. The molecule has 1 aromatic rings. The molecule has 106 valence electrons. The number of hydrogen-bond donors (Lipinski definition) is 0. The largest absolute Gasteiger partial charge is 0.501 e. The summed E-state index contributed by atoms with van der Waals surface area (Å²) in [5.41, 5.74) is -5.50. The van der Waals surface area contributed by atoms with Gasteiger partial charge in [-0.05, 0) is 11.6 Å². The van der Waals surface area contributed by atoms with Gasteiger partial charge in [-0.15, -0.1) is 0 Å². The Morgan fingerprint density at radius 1 is 1.21 bits per heavy atom. The molecular weight excluding hydrogens is 281 g/mol. The molecule has 0 atom stereocenters. The van der Waals surface area contributed by atoms with Crippen LogP contribution in [0.25, 0.3) is 0 Å². The number of sulfone groups is 1. The van der Waals surface area contributed by atoms with Crippen LogP contribution in [0.5, 0.6) is 0 Å². The Morgan fingerprint density at radius 3 is 2.21 bits per heavy atom. The van der Waals surface area contributed by atoms with Crippen molar-refractivity contribution in [2.75, 3.05) is 0 Å². The van der Waals surface area contributed by atoms with Crippen molar-refractivity contribution in [1.82, 2.24) is 0 Å². The monoisotopic (exact) mass is 294 g/mol. The molecule has 3 nitrogen and oxygen atoms in total. The average molecular weight is 294 g/mol. The Morgan fingerprint density at radius 2 is 1.74 bits per heavy atom. The number of carbonyl (C=O) groups excluding carboxylic acids is 1. The molecule has 0 amide bonds. The molecular formula is C12H13F3O3S. The van der Waals surface area contributed by atoms with Gasteiger partial charge in [0, 0.05) is 12.3 Å². The second-order valence-corrected chi connectivity index (χ2v) is 6.26. The molecule has 0 bridgehead atoms. The second-order valence-electron chi connectivity index (χ2n) is 4.35. The van der Waals surface area contributed by atoms with Crippen LogP contribution in [0.2, 0.25) is 0 Å². The Kier molecular flexibility index (Phi) is 4.39. The number of benzene rings is 1. The maximum absolute atomic E-state index is 12.5. The van der Waals surface area contributed by atoms with Crippen molar-refractivity contribution in [3.63, 3.8) is 0 Å². The number of carbonyl (C=O) groups is 1. The van der Waals surface area contributed by atoms with Crippen molar-refractivity contribution in [2.24, 2.45) is 5.92 Å². The van der Waals surface area contributed by atoms with Crippen LogP contribution < -0.4 is 0 Å². The van der Waals surface area contributed by atoms with E-state index in [1.807, 2.05) is 0 Å². The van der Waals surface area contributed by atoms with Gasteiger partial charge in [0.15, 0.2) is 0 Å². The summed E-state index contributed by atoms with van der Waals surface area (Å²) in [6, 6.07) is 4.69. The Labute approximate surface area is 109 Å². The summed E-state index contributed by atoms with van der Waals surface area (Å²) in [5, 5.41) is 0. The number of ketones is 1. The molecule has 1 rings (SSSR count). The summed E-state index contributed by atoms with van der Waals surface area (Å²) in [7, 11) is -5.43. The number of hydrogen-bond acceptors (Lipinski definition) is 3. The Bertz CT molecular complexity index is 574. The van der Waals surface area contributed by atoms with Gasteiger partial charge >= 0.3 is 5.51 Å². The van der Waals surface area contributed by atoms with E-state index in [4.69, 9.17) is 0 Å². The minimum Gasteiger partial charge on any atom is -0.299 e. The van der Waals surface area contributed by atoms with Gasteiger partial charge < -0.3 is 0 Å². The molecule has 0 radical (unpaired) electrons. The summed E-state index contributed by atoms with van der Waals surface area (Å²) in [5.74, 6) is -0.688. The van der Waals surface area contributed by atoms with Gasteiger partial charge in [-0.2, -0.15) is 13.2 Å². The SMILES string of the molecule is CC(C)C(=O)Cc1ccccc1S(=O)(=O)C(F)(F)F. The van der Waals surface area contributed by atoms with E-state index in [0.29, 0.717) is 0 Å². The molecule has 0 fully saturated rings. The molecule has 1 aromatic carbocycles. The third kappa shape index (κ3) is 3.34. The van der Waals surface area contributed by atoms with Crippen LogP contribution in [0.4, 0.5) is 13.2 Å². The smallest absolute Gasteiger partial charge is 0.299 e. The Hall–Kier alpha value is -1.37. The van der Waals surface area contributed by atoms with E-state index in [1.54, 1.807) is 13.8 Å². The van der Waals surface area contributed by atoms with E-state index in [1.165, 1.54) is 18.2 Å². The maximum Gasteiger partial charge on any atom is 0.501 e. The minimum absolute atomic E-state index is 0.126. The van der Waals surface area contributed by atoms with Crippen molar-refractivity contribution in [3.05, 3.63) is 29.8 Å². The van der Waals surface area contributed by atoms with Crippen LogP contribution in [-0.2, 0) is 21.1 Å². The molecule has 0 N–H and O–H groups in total. The van der Waals surface area contributed by atoms with E-state index in [0.717, 1.165) is 6.07 Å². The molecule has 0 aliphatic rings. The lowest BCUT2D eigenvalue weighted by molar-refractivity contribution is -0.121. The van der Waals surface area contributed by atoms with Gasteiger partial charge in [0.2, 0.25) is 0 Å². The van der Waals surface area contributed by atoms with Crippen LogP contribution in [-0.4, -0.2) is 19.7 Å². The quantitative estimate of drug-likeness (QED) is 0.858. The first-order valence-corrected chi connectivity index (χ1v) is 6.97. The average Bonchev–Trinajstić information content (AvgIpc) is 2.27. The van der Waals surface area contributed by atoms with E-state index in [9.17, 15) is 26.4 Å². The molecule has 0 aromatic heterocycles. The van der Waals surface area contributed by atoms with E-state index in [-0.39, 0.29) is 23.7 Å². The fourth-order valence-electron chi connectivity index (χ4n) is 1.43. The van der Waals surface area contributed by atoms with Gasteiger partial charge in [-0.25, -0.2) is 8.42 Å². The lowest BCUT2D eigenvalue weighted by Gasteiger charge is -2.12.